The van der Waals surface area contributed by atoms with E-state index in [4.69, 9.17) is 9.97 Å². The fraction of sp³-hybridized carbons (Fsp3) is 0.450. The molecule has 2 aromatic heterocycles. The Bertz CT molecular complexity index is 914. The Morgan fingerprint density at radius 3 is 2.71 bits per heavy atom. The summed E-state index contributed by atoms with van der Waals surface area (Å²) in [5.41, 5.74) is 2.64. The first-order chi connectivity index (χ1) is 13.4. The van der Waals surface area contributed by atoms with Crippen molar-refractivity contribution in [3.05, 3.63) is 35.7 Å². The van der Waals surface area contributed by atoms with E-state index in [0.717, 1.165) is 17.1 Å². The third-order valence-corrected chi connectivity index (χ3v) is 5.36. The van der Waals surface area contributed by atoms with Crippen LogP contribution in [-0.2, 0) is 22.6 Å². The number of amides is 2. The number of aromatic nitrogens is 3. The maximum atomic E-state index is 13.0. The van der Waals surface area contributed by atoms with Gasteiger partial charge in [-0.3, -0.25) is 14.6 Å². The molecule has 4 rings (SSSR count). The van der Waals surface area contributed by atoms with Crippen LogP contribution in [0, 0.1) is 5.92 Å². The molecule has 2 aliphatic rings. The highest BCUT2D eigenvalue weighted by Gasteiger charge is 2.36. The van der Waals surface area contributed by atoms with Gasteiger partial charge in [0.25, 0.3) is 0 Å². The maximum Gasteiger partial charge on any atom is 0.228 e. The van der Waals surface area contributed by atoms with Gasteiger partial charge in [-0.05, 0) is 18.6 Å². The normalized spacial score (nSPS) is 19.0. The molecule has 1 atom stereocenters. The lowest BCUT2D eigenvalue weighted by Gasteiger charge is -2.32. The van der Waals surface area contributed by atoms with Crippen molar-refractivity contribution >= 4 is 17.6 Å². The molecule has 2 aromatic rings. The van der Waals surface area contributed by atoms with Gasteiger partial charge in [0, 0.05) is 52.4 Å². The summed E-state index contributed by atoms with van der Waals surface area (Å²) in [6.45, 7) is 1.55. The molecular weight excluding hydrogens is 356 g/mol. The summed E-state index contributed by atoms with van der Waals surface area (Å²) in [6, 6.07) is 5.64. The molecule has 146 valence electrons. The van der Waals surface area contributed by atoms with E-state index in [9.17, 15) is 9.59 Å². The molecule has 0 bridgehead atoms. The lowest BCUT2D eigenvalue weighted by Crippen LogP contribution is -2.41. The highest BCUT2D eigenvalue weighted by atomic mass is 16.2. The Labute approximate surface area is 164 Å². The van der Waals surface area contributed by atoms with E-state index < -0.39 is 0 Å². The van der Waals surface area contributed by atoms with Crippen molar-refractivity contribution in [3.63, 3.8) is 0 Å². The summed E-state index contributed by atoms with van der Waals surface area (Å²) in [6.07, 6.45) is 2.72. The minimum atomic E-state index is -0.260. The van der Waals surface area contributed by atoms with Gasteiger partial charge >= 0.3 is 0 Å². The van der Waals surface area contributed by atoms with Crippen LogP contribution in [0.1, 0.15) is 17.7 Å². The molecule has 1 fully saturated rings. The largest absolute Gasteiger partial charge is 0.362 e. The van der Waals surface area contributed by atoms with E-state index in [-0.39, 0.29) is 17.7 Å². The number of fused-ring (bicyclic) bond motifs is 1. The number of carbonyl (C=O) groups is 2. The first kappa shape index (κ1) is 18.3. The van der Waals surface area contributed by atoms with E-state index in [0.29, 0.717) is 44.0 Å². The molecule has 0 aromatic carbocycles. The second-order valence-electron chi connectivity index (χ2n) is 7.59. The van der Waals surface area contributed by atoms with Crippen LogP contribution in [0.4, 0.5) is 5.82 Å². The zero-order chi connectivity index (χ0) is 19.8. The summed E-state index contributed by atoms with van der Waals surface area (Å²) in [5.74, 6) is 1.24. The van der Waals surface area contributed by atoms with E-state index in [1.165, 1.54) is 0 Å². The minimum absolute atomic E-state index is 0.0328. The Morgan fingerprint density at radius 2 is 2.07 bits per heavy atom. The molecule has 0 spiro atoms. The number of pyridine rings is 1. The zero-order valence-corrected chi connectivity index (χ0v) is 16.4. The topological polar surface area (TPSA) is 82.5 Å². The first-order valence-corrected chi connectivity index (χ1v) is 9.45. The monoisotopic (exact) mass is 380 g/mol. The van der Waals surface area contributed by atoms with Crippen molar-refractivity contribution < 1.29 is 9.59 Å². The van der Waals surface area contributed by atoms with Crippen LogP contribution in [0.15, 0.2) is 24.4 Å². The van der Waals surface area contributed by atoms with Crippen molar-refractivity contribution in [2.45, 2.75) is 19.4 Å². The molecule has 28 heavy (non-hydrogen) atoms. The number of hydrogen-bond donors (Lipinski definition) is 0. The number of rotatable bonds is 3. The van der Waals surface area contributed by atoms with Crippen LogP contribution in [-0.4, -0.2) is 70.8 Å². The second-order valence-corrected chi connectivity index (χ2v) is 7.59. The average Bonchev–Trinajstić information content (AvgIpc) is 3.05. The van der Waals surface area contributed by atoms with Crippen LogP contribution < -0.4 is 4.90 Å². The molecule has 1 saturated heterocycles. The van der Waals surface area contributed by atoms with Crippen molar-refractivity contribution in [1.29, 1.82) is 0 Å². The molecule has 0 N–H and O–H groups in total. The second kappa shape index (κ2) is 7.18. The van der Waals surface area contributed by atoms with Gasteiger partial charge in [-0.25, -0.2) is 9.97 Å². The van der Waals surface area contributed by atoms with Gasteiger partial charge in [-0.15, -0.1) is 0 Å². The van der Waals surface area contributed by atoms with Crippen LogP contribution >= 0.6 is 0 Å². The minimum Gasteiger partial charge on any atom is -0.362 e. The smallest absolute Gasteiger partial charge is 0.228 e. The zero-order valence-electron chi connectivity index (χ0n) is 16.4. The van der Waals surface area contributed by atoms with Gasteiger partial charge in [-0.1, -0.05) is 6.07 Å². The SMILES string of the molecule is CN1C[C@@H](C(=O)N2CCc3c(nc(-c4ccccn4)nc3N(C)C)C2)CC1=O. The van der Waals surface area contributed by atoms with E-state index >= 15 is 0 Å². The van der Waals surface area contributed by atoms with E-state index in [1.807, 2.05) is 42.1 Å². The Kier molecular flexibility index (Phi) is 4.70. The van der Waals surface area contributed by atoms with Crippen LogP contribution in [0.25, 0.3) is 11.5 Å². The molecule has 0 aliphatic carbocycles. The third kappa shape index (κ3) is 3.30. The molecule has 0 radical (unpaired) electrons. The number of carbonyl (C=O) groups excluding carboxylic acids is 2. The molecule has 4 heterocycles. The Morgan fingerprint density at radius 1 is 1.25 bits per heavy atom. The van der Waals surface area contributed by atoms with E-state index in [1.54, 1.807) is 18.1 Å². The summed E-state index contributed by atoms with van der Waals surface area (Å²) < 4.78 is 0. The summed E-state index contributed by atoms with van der Waals surface area (Å²) in [5, 5.41) is 0. The van der Waals surface area contributed by atoms with Crippen LogP contribution in [0.5, 0.6) is 0 Å². The maximum absolute atomic E-state index is 13.0. The molecule has 8 heteroatoms. The highest BCUT2D eigenvalue weighted by molar-refractivity contribution is 5.89. The standard InChI is InChI=1S/C20H24N6O2/c1-24(2)19-14-7-9-26(20(28)13-10-17(27)25(3)11-13)12-16(14)22-18(23-19)15-6-4-5-8-21-15/h4-6,8,13H,7,9-12H2,1-3H3/t13-/m0/s1. The van der Waals surface area contributed by atoms with Crippen molar-refractivity contribution in [2.24, 2.45) is 5.92 Å². The predicted molar refractivity (Wildman–Crippen MR) is 104 cm³/mol. The number of likely N-dealkylation sites (tertiary alicyclic amines) is 1. The number of hydrogen-bond acceptors (Lipinski definition) is 6. The number of nitrogens with zero attached hydrogens (tertiary/aromatic N) is 6. The van der Waals surface area contributed by atoms with Gasteiger partial charge in [0.15, 0.2) is 5.82 Å². The molecule has 2 aliphatic heterocycles. The van der Waals surface area contributed by atoms with Crippen LogP contribution in [0.2, 0.25) is 0 Å². The average molecular weight is 380 g/mol. The lowest BCUT2D eigenvalue weighted by atomic mass is 10.0. The molecule has 0 saturated carbocycles. The predicted octanol–water partition coefficient (Wildman–Crippen LogP) is 0.968. The van der Waals surface area contributed by atoms with Crippen molar-refractivity contribution in [1.82, 2.24) is 24.8 Å². The fourth-order valence-electron chi connectivity index (χ4n) is 3.87. The molecule has 0 unspecified atom stereocenters. The van der Waals surface area contributed by atoms with E-state index in [2.05, 4.69) is 4.98 Å². The van der Waals surface area contributed by atoms with Crippen LogP contribution in [0.3, 0.4) is 0 Å². The van der Waals surface area contributed by atoms with Crippen molar-refractivity contribution in [3.8, 4) is 11.5 Å². The lowest BCUT2D eigenvalue weighted by molar-refractivity contribution is -0.136. The van der Waals surface area contributed by atoms with Gasteiger partial charge in [0.1, 0.15) is 11.5 Å². The van der Waals surface area contributed by atoms with Gasteiger partial charge in [-0.2, -0.15) is 0 Å². The molecule has 8 nitrogen and oxygen atoms in total. The Balaban J connectivity index is 1.64. The quantitative estimate of drug-likeness (QED) is 0.789. The first-order valence-electron chi connectivity index (χ1n) is 9.45. The van der Waals surface area contributed by atoms with Gasteiger partial charge < -0.3 is 14.7 Å². The molecular formula is C20H24N6O2. The molecule has 2 amide bonds. The summed E-state index contributed by atoms with van der Waals surface area (Å²) >= 11 is 0. The van der Waals surface area contributed by atoms with Crippen molar-refractivity contribution in [2.75, 3.05) is 39.1 Å². The van der Waals surface area contributed by atoms with Gasteiger partial charge in [0.2, 0.25) is 11.8 Å². The fourth-order valence-corrected chi connectivity index (χ4v) is 3.87. The third-order valence-electron chi connectivity index (χ3n) is 5.36. The Hall–Kier alpha value is -3.03. The summed E-state index contributed by atoms with van der Waals surface area (Å²) in [7, 11) is 5.67. The van der Waals surface area contributed by atoms with Gasteiger partial charge in [0.05, 0.1) is 18.2 Å². The summed E-state index contributed by atoms with van der Waals surface area (Å²) in [4.78, 5) is 44.0. The highest BCUT2D eigenvalue weighted by Crippen LogP contribution is 2.29. The number of anilines is 1.